The molecule has 164 valence electrons. The third-order valence-corrected chi connectivity index (χ3v) is 4.03. The Balaban J connectivity index is 2.39. The number of alkyl carbamates (subject to hydrolysis) is 1. The first-order valence-electron chi connectivity index (χ1n) is 10.5. The number of aliphatic imine (C=N–C) groups is 1. The maximum atomic E-state index is 12.0. The van der Waals surface area contributed by atoms with Crippen LogP contribution in [0.4, 0.5) is 4.79 Å². The molecule has 0 radical (unpaired) electrons. The van der Waals surface area contributed by atoms with Crippen molar-refractivity contribution in [2.24, 2.45) is 4.99 Å². The summed E-state index contributed by atoms with van der Waals surface area (Å²) >= 11 is 0. The van der Waals surface area contributed by atoms with Gasteiger partial charge in [-0.1, -0.05) is 13.3 Å². The van der Waals surface area contributed by atoms with Gasteiger partial charge in [0, 0.05) is 26.3 Å². The molecule has 1 aliphatic rings. The number of nitrogens with one attached hydrogen (secondary N) is 3. The lowest BCUT2D eigenvalue weighted by Gasteiger charge is -2.23. The fourth-order valence-electron chi connectivity index (χ4n) is 2.75. The van der Waals surface area contributed by atoms with Crippen molar-refractivity contribution in [2.75, 3.05) is 39.5 Å². The molecule has 1 rings (SSSR count). The van der Waals surface area contributed by atoms with Crippen LogP contribution in [0, 0.1) is 0 Å². The van der Waals surface area contributed by atoms with Crippen molar-refractivity contribution in [2.45, 2.75) is 78.0 Å². The van der Waals surface area contributed by atoms with Crippen molar-refractivity contribution < 1.29 is 19.0 Å². The predicted molar refractivity (Wildman–Crippen MR) is 112 cm³/mol. The third-order valence-electron chi connectivity index (χ3n) is 4.03. The summed E-state index contributed by atoms with van der Waals surface area (Å²) in [6.45, 7) is 14.0. The largest absolute Gasteiger partial charge is 0.444 e. The van der Waals surface area contributed by atoms with Gasteiger partial charge in [-0.3, -0.25) is 4.99 Å². The van der Waals surface area contributed by atoms with Crippen LogP contribution in [0.2, 0.25) is 0 Å². The number of carbonyl (C=O) groups is 1. The van der Waals surface area contributed by atoms with Gasteiger partial charge < -0.3 is 30.2 Å². The Morgan fingerprint density at radius 1 is 1.29 bits per heavy atom. The molecule has 1 aliphatic heterocycles. The summed E-state index contributed by atoms with van der Waals surface area (Å²) in [7, 11) is 0. The van der Waals surface area contributed by atoms with Crippen LogP contribution in [0.3, 0.4) is 0 Å². The van der Waals surface area contributed by atoms with E-state index >= 15 is 0 Å². The summed E-state index contributed by atoms with van der Waals surface area (Å²) in [5, 5.41) is 9.48. The Morgan fingerprint density at radius 3 is 2.68 bits per heavy atom. The van der Waals surface area contributed by atoms with Crippen molar-refractivity contribution in [1.29, 1.82) is 0 Å². The topological polar surface area (TPSA) is 93.2 Å². The quantitative estimate of drug-likeness (QED) is 0.280. The van der Waals surface area contributed by atoms with Gasteiger partial charge in [0.25, 0.3) is 0 Å². The second kappa shape index (κ2) is 13.6. The van der Waals surface area contributed by atoms with E-state index in [2.05, 4.69) is 27.9 Å². The lowest BCUT2D eigenvalue weighted by Crippen LogP contribution is -2.42. The van der Waals surface area contributed by atoms with Crippen molar-refractivity contribution in [3.63, 3.8) is 0 Å². The van der Waals surface area contributed by atoms with Crippen LogP contribution in [0.15, 0.2) is 4.99 Å². The van der Waals surface area contributed by atoms with Crippen LogP contribution < -0.4 is 16.0 Å². The number of hydrogen-bond donors (Lipinski definition) is 3. The molecule has 3 N–H and O–H groups in total. The lowest BCUT2D eigenvalue weighted by atomic mass is 10.1. The smallest absolute Gasteiger partial charge is 0.407 e. The van der Waals surface area contributed by atoms with E-state index in [-0.39, 0.29) is 12.1 Å². The molecule has 1 fully saturated rings. The van der Waals surface area contributed by atoms with Gasteiger partial charge >= 0.3 is 6.09 Å². The highest BCUT2D eigenvalue weighted by atomic mass is 16.6. The van der Waals surface area contributed by atoms with Crippen molar-refractivity contribution in [3.05, 3.63) is 0 Å². The van der Waals surface area contributed by atoms with Crippen LogP contribution in [0.25, 0.3) is 0 Å². The second-order valence-corrected chi connectivity index (χ2v) is 7.99. The number of guanidine groups is 1. The summed E-state index contributed by atoms with van der Waals surface area (Å²) in [4.78, 5) is 16.7. The Morgan fingerprint density at radius 2 is 2.07 bits per heavy atom. The summed E-state index contributed by atoms with van der Waals surface area (Å²) in [5.74, 6) is 0.749. The number of hydrogen-bond acceptors (Lipinski definition) is 5. The maximum Gasteiger partial charge on any atom is 0.407 e. The zero-order chi connectivity index (χ0) is 20.8. The molecule has 0 aromatic rings. The van der Waals surface area contributed by atoms with Gasteiger partial charge in [0.05, 0.1) is 25.3 Å². The van der Waals surface area contributed by atoms with Gasteiger partial charge in [-0.2, -0.15) is 0 Å². The minimum Gasteiger partial charge on any atom is -0.444 e. The molecule has 0 saturated carbocycles. The van der Waals surface area contributed by atoms with E-state index in [4.69, 9.17) is 14.2 Å². The Bertz CT molecular complexity index is 460. The first-order chi connectivity index (χ1) is 13.3. The normalized spacial score (nSPS) is 18.6. The second-order valence-electron chi connectivity index (χ2n) is 7.99. The molecular weight excluding hydrogens is 360 g/mol. The Labute approximate surface area is 170 Å². The zero-order valence-corrected chi connectivity index (χ0v) is 18.3. The summed E-state index contributed by atoms with van der Waals surface area (Å²) in [6, 6.07) is -0.0546. The third kappa shape index (κ3) is 12.0. The molecule has 0 aliphatic carbocycles. The number of carbonyl (C=O) groups excluding carboxylic acids is 1. The van der Waals surface area contributed by atoms with E-state index in [1.807, 2.05) is 27.7 Å². The number of nitrogens with zero attached hydrogens (tertiary/aromatic N) is 1. The van der Waals surface area contributed by atoms with E-state index in [0.29, 0.717) is 19.8 Å². The maximum absolute atomic E-state index is 12.0. The highest BCUT2D eigenvalue weighted by molar-refractivity contribution is 5.79. The first kappa shape index (κ1) is 24.5. The molecule has 8 heteroatoms. The van der Waals surface area contributed by atoms with Crippen LogP contribution in [-0.4, -0.2) is 69.3 Å². The average molecular weight is 401 g/mol. The highest BCUT2D eigenvalue weighted by Gasteiger charge is 2.19. The molecule has 2 atom stereocenters. The van der Waals surface area contributed by atoms with Gasteiger partial charge in [0.1, 0.15) is 5.60 Å². The number of rotatable bonds is 11. The van der Waals surface area contributed by atoms with Crippen LogP contribution in [0.1, 0.15) is 60.3 Å². The average Bonchev–Trinajstić information content (AvgIpc) is 3.11. The lowest BCUT2D eigenvalue weighted by molar-refractivity contribution is 0.0419. The molecule has 2 unspecified atom stereocenters. The minimum absolute atomic E-state index is 0.0546. The fourth-order valence-corrected chi connectivity index (χ4v) is 2.75. The van der Waals surface area contributed by atoms with E-state index in [1.54, 1.807) is 0 Å². The Hall–Kier alpha value is -1.54. The van der Waals surface area contributed by atoms with Gasteiger partial charge in [-0.25, -0.2) is 4.79 Å². The van der Waals surface area contributed by atoms with Gasteiger partial charge in [0.15, 0.2) is 5.96 Å². The van der Waals surface area contributed by atoms with E-state index in [0.717, 1.165) is 51.3 Å². The SMILES string of the molecule is CCCC(CN=C(NCC)NCCCOC1CCOC1)NC(=O)OC(C)(C)C. The fraction of sp³-hybridized carbons (Fsp3) is 0.900. The summed E-state index contributed by atoms with van der Waals surface area (Å²) in [5.41, 5.74) is -0.507. The molecule has 0 aromatic heterocycles. The molecule has 1 heterocycles. The molecule has 1 amide bonds. The van der Waals surface area contributed by atoms with Crippen molar-refractivity contribution in [1.82, 2.24) is 16.0 Å². The molecular formula is C20H40N4O4. The standard InChI is InChI=1S/C20H40N4O4/c1-6-9-16(24-19(25)28-20(3,4)5)14-23-18(21-7-2)22-11-8-12-27-17-10-13-26-15-17/h16-17H,6-15H2,1-5H3,(H,24,25)(H2,21,22,23). The van der Waals surface area contributed by atoms with Crippen LogP contribution in [-0.2, 0) is 14.2 Å². The highest BCUT2D eigenvalue weighted by Crippen LogP contribution is 2.08. The first-order valence-corrected chi connectivity index (χ1v) is 10.5. The van der Waals surface area contributed by atoms with Gasteiger partial charge in [0.2, 0.25) is 0 Å². The molecule has 0 spiro atoms. The van der Waals surface area contributed by atoms with Crippen LogP contribution >= 0.6 is 0 Å². The van der Waals surface area contributed by atoms with Crippen molar-refractivity contribution >= 4 is 12.1 Å². The van der Waals surface area contributed by atoms with Gasteiger partial charge in [-0.05, 0) is 47.0 Å². The van der Waals surface area contributed by atoms with E-state index in [1.165, 1.54) is 0 Å². The Kier molecular flexibility index (Phi) is 11.9. The minimum atomic E-state index is -0.507. The monoisotopic (exact) mass is 400 g/mol. The molecule has 8 nitrogen and oxygen atoms in total. The predicted octanol–water partition coefficient (Wildman–Crippen LogP) is 2.43. The molecule has 0 bridgehead atoms. The van der Waals surface area contributed by atoms with Crippen molar-refractivity contribution in [3.8, 4) is 0 Å². The van der Waals surface area contributed by atoms with Gasteiger partial charge in [-0.15, -0.1) is 0 Å². The molecule has 0 aromatic carbocycles. The molecule has 1 saturated heterocycles. The summed E-state index contributed by atoms with van der Waals surface area (Å²) < 4.78 is 16.4. The number of amides is 1. The summed E-state index contributed by atoms with van der Waals surface area (Å²) in [6.07, 6.45) is 3.54. The zero-order valence-electron chi connectivity index (χ0n) is 18.3. The van der Waals surface area contributed by atoms with E-state index < -0.39 is 11.7 Å². The van der Waals surface area contributed by atoms with Crippen LogP contribution in [0.5, 0.6) is 0 Å². The van der Waals surface area contributed by atoms with E-state index in [9.17, 15) is 4.79 Å². The molecule has 28 heavy (non-hydrogen) atoms. The number of ether oxygens (including phenoxy) is 3.